The summed E-state index contributed by atoms with van der Waals surface area (Å²) in [6.07, 6.45) is 5.35. The number of carbonyl (C=O) groups is 1. The zero-order valence-electron chi connectivity index (χ0n) is 19.3. The Kier molecular flexibility index (Phi) is 5.38. The van der Waals surface area contributed by atoms with E-state index in [0.29, 0.717) is 28.3 Å². The van der Waals surface area contributed by atoms with Crippen molar-refractivity contribution in [3.8, 4) is 17.0 Å². The highest BCUT2D eigenvalue weighted by molar-refractivity contribution is 5.97. The van der Waals surface area contributed by atoms with Crippen LogP contribution in [0.5, 0.6) is 5.75 Å². The largest absolute Gasteiger partial charge is 0.489 e. The van der Waals surface area contributed by atoms with E-state index in [9.17, 15) is 14.3 Å². The van der Waals surface area contributed by atoms with Crippen molar-refractivity contribution in [3.63, 3.8) is 0 Å². The average molecular weight is 459 g/mol. The number of nitrogens with two attached hydrogens (primary N) is 1. The normalized spacial score (nSPS) is 19.9. The second kappa shape index (κ2) is 8.15. The van der Waals surface area contributed by atoms with E-state index < -0.39 is 11.1 Å². The van der Waals surface area contributed by atoms with E-state index >= 15 is 0 Å². The minimum absolute atomic E-state index is 0.0321. The van der Waals surface area contributed by atoms with E-state index in [-0.39, 0.29) is 31.0 Å². The van der Waals surface area contributed by atoms with Gasteiger partial charge in [-0.05, 0) is 74.2 Å². The van der Waals surface area contributed by atoms with Crippen LogP contribution >= 0.6 is 0 Å². The molecule has 0 bridgehead atoms. The van der Waals surface area contributed by atoms with Gasteiger partial charge in [0.15, 0.2) is 11.5 Å². The quantitative estimate of drug-likeness (QED) is 0.514. The van der Waals surface area contributed by atoms with Gasteiger partial charge < -0.3 is 15.6 Å². The van der Waals surface area contributed by atoms with E-state index in [1.165, 1.54) is 17.7 Å². The molecule has 6 heteroatoms. The third kappa shape index (κ3) is 4.04. The summed E-state index contributed by atoms with van der Waals surface area (Å²) in [5, 5.41) is 11.4. The van der Waals surface area contributed by atoms with Crippen LogP contribution in [0.25, 0.3) is 17.3 Å². The zero-order chi connectivity index (χ0) is 24.1. The molecule has 1 aromatic heterocycles. The molecule has 1 aliphatic carbocycles. The molecule has 2 heterocycles. The third-order valence-electron chi connectivity index (χ3n) is 6.72. The van der Waals surface area contributed by atoms with Gasteiger partial charge in [0.25, 0.3) is 0 Å². The van der Waals surface area contributed by atoms with Crippen molar-refractivity contribution in [2.24, 2.45) is 5.73 Å². The molecule has 0 fully saturated rings. The first-order valence-corrected chi connectivity index (χ1v) is 11.4. The number of rotatable bonds is 6. The van der Waals surface area contributed by atoms with Gasteiger partial charge in [-0.15, -0.1) is 0 Å². The van der Waals surface area contributed by atoms with Crippen LogP contribution in [0.4, 0.5) is 4.39 Å². The molecular weight excluding hydrogens is 431 g/mol. The van der Waals surface area contributed by atoms with Gasteiger partial charge in [0.1, 0.15) is 23.7 Å². The lowest BCUT2D eigenvalue weighted by atomic mass is 9.87. The Labute approximate surface area is 198 Å². The number of Topliss-reactive ketones (excluding diaryl/α,β-unsaturated/α-hetero) is 1. The fourth-order valence-electron chi connectivity index (χ4n) is 4.53. The highest BCUT2D eigenvalue weighted by Crippen LogP contribution is 2.44. The van der Waals surface area contributed by atoms with Crippen LogP contribution in [0.3, 0.4) is 0 Å². The molecule has 174 valence electrons. The lowest BCUT2D eigenvalue weighted by Crippen LogP contribution is -2.35. The number of carbonyl (C=O) groups excluding carboxylic acids is 1. The number of ether oxygens (including phenoxy) is 1. The Bertz CT molecular complexity index is 1310. The molecule has 0 radical (unpaired) electrons. The second-order valence-corrected chi connectivity index (χ2v) is 9.66. The molecule has 1 unspecified atom stereocenters. The molecule has 3 aromatic rings. The smallest absolute Gasteiger partial charge is 0.163 e. The summed E-state index contributed by atoms with van der Waals surface area (Å²) >= 11 is 0. The van der Waals surface area contributed by atoms with Gasteiger partial charge in [0.2, 0.25) is 0 Å². The second-order valence-electron chi connectivity index (χ2n) is 9.66. The standard InChI is InChI=1S/C28H27FN2O3/c1-27(30)16-34-26-22(27)15-24(31-25(26)18-8-10-21(29)11-9-18)28(2,33)13-12-23(32)20-7-6-17-4-3-5-19(17)14-20/h3,5-11,14-15,33H,4,12-13,16,30H2,1-2H3/t27-,28?/m1/s1. The lowest BCUT2D eigenvalue weighted by Gasteiger charge is -2.25. The molecule has 2 aliphatic rings. The Morgan fingerprint density at radius 3 is 2.76 bits per heavy atom. The summed E-state index contributed by atoms with van der Waals surface area (Å²) in [5.41, 5.74) is 9.54. The molecule has 0 spiro atoms. The molecule has 5 rings (SSSR count). The van der Waals surface area contributed by atoms with Crippen LogP contribution in [0.15, 0.2) is 54.6 Å². The summed E-state index contributed by atoms with van der Waals surface area (Å²) in [4.78, 5) is 17.6. The number of pyridine rings is 1. The van der Waals surface area contributed by atoms with Gasteiger partial charge in [-0.25, -0.2) is 9.37 Å². The van der Waals surface area contributed by atoms with Crippen LogP contribution in [0.2, 0.25) is 0 Å². The van der Waals surface area contributed by atoms with E-state index in [1.54, 1.807) is 25.1 Å². The Morgan fingerprint density at radius 1 is 1.24 bits per heavy atom. The van der Waals surface area contributed by atoms with Gasteiger partial charge in [0, 0.05) is 23.1 Å². The van der Waals surface area contributed by atoms with Gasteiger partial charge in [-0.1, -0.05) is 24.3 Å². The number of ketones is 1. The lowest BCUT2D eigenvalue weighted by molar-refractivity contribution is 0.0396. The molecule has 2 aromatic carbocycles. The molecule has 1 aliphatic heterocycles. The first-order chi connectivity index (χ1) is 16.1. The summed E-state index contributed by atoms with van der Waals surface area (Å²) in [7, 11) is 0. The number of allylic oxidation sites excluding steroid dienone is 1. The first kappa shape index (κ1) is 22.4. The van der Waals surface area contributed by atoms with E-state index in [1.807, 2.05) is 31.2 Å². The van der Waals surface area contributed by atoms with Crippen molar-refractivity contribution in [2.75, 3.05) is 6.61 Å². The van der Waals surface area contributed by atoms with Crippen molar-refractivity contribution in [1.29, 1.82) is 0 Å². The van der Waals surface area contributed by atoms with Crippen LogP contribution in [-0.4, -0.2) is 22.5 Å². The Morgan fingerprint density at radius 2 is 2.00 bits per heavy atom. The number of fused-ring (bicyclic) bond motifs is 2. The Balaban J connectivity index is 1.45. The van der Waals surface area contributed by atoms with Crippen LogP contribution in [0.1, 0.15) is 59.4 Å². The fraction of sp³-hybridized carbons (Fsp3) is 0.286. The summed E-state index contributed by atoms with van der Waals surface area (Å²) in [5.74, 6) is 0.155. The Hall–Kier alpha value is -3.35. The molecule has 5 nitrogen and oxygen atoms in total. The molecule has 2 atom stereocenters. The minimum atomic E-state index is -1.38. The summed E-state index contributed by atoms with van der Waals surface area (Å²) in [6.45, 7) is 3.78. The third-order valence-corrected chi connectivity index (χ3v) is 6.72. The zero-order valence-corrected chi connectivity index (χ0v) is 19.3. The minimum Gasteiger partial charge on any atom is -0.489 e. The number of hydrogen-bond acceptors (Lipinski definition) is 5. The number of hydrogen-bond donors (Lipinski definition) is 2. The van der Waals surface area contributed by atoms with Crippen molar-refractivity contribution in [3.05, 3.63) is 88.4 Å². The molecule has 3 N–H and O–H groups in total. The molecule has 0 saturated heterocycles. The van der Waals surface area contributed by atoms with Crippen molar-refractivity contribution in [2.45, 2.75) is 44.2 Å². The highest BCUT2D eigenvalue weighted by Gasteiger charge is 2.38. The summed E-state index contributed by atoms with van der Waals surface area (Å²) < 4.78 is 19.4. The van der Waals surface area contributed by atoms with E-state index in [2.05, 4.69) is 6.08 Å². The van der Waals surface area contributed by atoms with Gasteiger partial charge in [0.05, 0.1) is 11.2 Å². The maximum atomic E-state index is 13.5. The summed E-state index contributed by atoms with van der Waals surface area (Å²) in [6, 6.07) is 13.5. The van der Waals surface area contributed by atoms with Crippen LogP contribution < -0.4 is 10.5 Å². The topological polar surface area (TPSA) is 85.4 Å². The molecule has 34 heavy (non-hydrogen) atoms. The monoisotopic (exact) mass is 458 g/mol. The van der Waals surface area contributed by atoms with Gasteiger partial charge in [-0.2, -0.15) is 0 Å². The van der Waals surface area contributed by atoms with Crippen molar-refractivity contribution < 1.29 is 19.0 Å². The van der Waals surface area contributed by atoms with Crippen LogP contribution in [0, 0.1) is 5.82 Å². The molecular formula is C28H27FN2O3. The molecule has 0 saturated carbocycles. The average Bonchev–Trinajstić information content (AvgIpc) is 3.41. The van der Waals surface area contributed by atoms with Gasteiger partial charge in [-0.3, -0.25) is 4.79 Å². The number of benzene rings is 2. The van der Waals surface area contributed by atoms with Crippen LogP contribution in [-0.2, 0) is 17.6 Å². The predicted octanol–water partition coefficient (Wildman–Crippen LogP) is 4.89. The highest BCUT2D eigenvalue weighted by atomic mass is 19.1. The van der Waals surface area contributed by atoms with E-state index in [0.717, 1.165) is 17.5 Å². The maximum absolute atomic E-state index is 13.5. The predicted molar refractivity (Wildman–Crippen MR) is 129 cm³/mol. The number of halogens is 1. The number of nitrogens with zero attached hydrogens (tertiary/aromatic N) is 1. The van der Waals surface area contributed by atoms with Crippen molar-refractivity contribution >= 4 is 11.9 Å². The van der Waals surface area contributed by atoms with Gasteiger partial charge >= 0.3 is 0 Å². The molecule has 0 amide bonds. The first-order valence-electron chi connectivity index (χ1n) is 11.4. The maximum Gasteiger partial charge on any atom is 0.163 e. The SMILES string of the molecule is CC(O)(CCC(=O)c1ccc2c(c1)C=CC2)c1cc2c(c(-c3ccc(F)cc3)n1)OC[C@@]2(C)N. The number of aliphatic hydroxyl groups is 1. The van der Waals surface area contributed by atoms with E-state index in [4.69, 9.17) is 15.5 Å². The number of aromatic nitrogens is 1. The fourth-order valence-corrected chi connectivity index (χ4v) is 4.53. The van der Waals surface area contributed by atoms with Crippen molar-refractivity contribution in [1.82, 2.24) is 4.98 Å².